The molecule has 0 aliphatic heterocycles. The quantitative estimate of drug-likeness (QED) is 0.641. The van der Waals surface area contributed by atoms with Gasteiger partial charge in [0.1, 0.15) is 18.1 Å². The summed E-state index contributed by atoms with van der Waals surface area (Å²) in [7, 11) is 1.58. The van der Waals surface area contributed by atoms with Crippen LogP contribution in [0.5, 0.6) is 11.5 Å². The zero-order valence-electron chi connectivity index (χ0n) is 14.9. The fourth-order valence-corrected chi connectivity index (χ4v) is 2.26. The summed E-state index contributed by atoms with van der Waals surface area (Å²) in [5, 5.41) is 5.59. The Morgan fingerprint density at radius 3 is 2.31 bits per heavy atom. The number of hydrogen-bond donors (Lipinski definition) is 2. The first kappa shape index (κ1) is 19.3. The van der Waals surface area contributed by atoms with Crippen molar-refractivity contribution < 1.29 is 19.1 Å². The van der Waals surface area contributed by atoms with E-state index >= 15 is 0 Å². The van der Waals surface area contributed by atoms with Crippen LogP contribution in [-0.2, 0) is 4.79 Å². The highest BCUT2D eigenvalue weighted by Crippen LogP contribution is 2.11. The van der Waals surface area contributed by atoms with Gasteiger partial charge in [-0.15, -0.1) is 0 Å². The normalized spacial score (nSPS) is 10.0. The van der Waals surface area contributed by atoms with Gasteiger partial charge in [-0.2, -0.15) is 0 Å². The number of rotatable bonds is 10. The van der Waals surface area contributed by atoms with Crippen LogP contribution in [-0.4, -0.2) is 38.6 Å². The van der Waals surface area contributed by atoms with Gasteiger partial charge in [-0.25, -0.2) is 0 Å². The van der Waals surface area contributed by atoms with Crippen LogP contribution in [0.3, 0.4) is 0 Å². The maximum absolute atomic E-state index is 12.0. The minimum atomic E-state index is -0.163. The molecule has 2 rings (SSSR count). The third-order valence-electron chi connectivity index (χ3n) is 3.65. The van der Waals surface area contributed by atoms with E-state index in [4.69, 9.17) is 9.47 Å². The van der Waals surface area contributed by atoms with Gasteiger partial charge in [-0.1, -0.05) is 18.2 Å². The van der Waals surface area contributed by atoms with Gasteiger partial charge in [-0.05, 0) is 42.8 Å². The SMILES string of the molecule is COc1ccc(C(=O)NCCCC(=O)NCCOc2ccccc2)cc1. The van der Waals surface area contributed by atoms with E-state index in [1.807, 2.05) is 30.3 Å². The number of ether oxygens (including phenoxy) is 2. The Morgan fingerprint density at radius 2 is 1.62 bits per heavy atom. The molecule has 6 nitrogen and oxygen atoms in total. The van der Waals surface area contributed by atoms with Crippen LogP contribution in [0, 0.1) is 0 Å². The molecule has 138 valence electrons. The molecule has 0 aliphatic carbocycles. The number of hydrogen-bond acceptors (Lipinski definition) is 4. The largest absolute Gasteiger partial charge is 0.497 e. The zero-order valence-corrected chi connectivity index (χ0v) is 14.9. The summed E-state index contributed by atoms with van der Waals surface area (Å²) in [6.45, 7) is 1.31. The summed E-state index contributed by atoms with van der Waals surface area (Å²) in [6, 6.07) is 16.3. The van der Waals surface area contributed by atoms with Crippen LogP contribution in [0.15, 0.2) is 54.6 Å². The van der Waals surface area contributed by atoms with Crippen LogP contribution in [0.2, 0.25) is 0 Å². The summed E-state index contributed by atoms with van der Waals surface area (Å²) in [5.74, 6) is 1.27. The molecule has 0 aromatic heterocycles. The van der Waals surface area contributed by atoms with Crippen LogP contribution >= 0.6 is 0 Å². The Bertz CT molecular complexity index is 687. The number of benzene rings is 2. The van der Waals surface area contributed by atoms with Gasteiger partial charge >= 0.3 is 0 Å². The first-order valence-corrected chi connectivity index (χ1v) is 8.56. The second-order valence-corrected chi connectivity index (χ2v) is 5.60. The van der Waals surface area contributed by atoms with Crippen molar-refractivity contribution in [2.45, 2.75) is 12.8 Å². The third-order valence-corrected chi connectivity index (χ3v) is 3.65. The maximum Gasteiger partial charge on any atom is 0.251 e. The Labute approximate surface area is 153 Å². The standard InChI is InChI=1S/C20H24N2O4/c1-25-17-11-9-16(10-12-17)20(24)22-13-5-8-19(23)21-14-15-26-18-6-3-2-4-7-18/h2-4,6-7,9-12H,5,8,13-15H2,1H3,(H,21,23)(H,22,24). The highest BCUT2D eigenvalue weighted by molar-refractivity contribution is 5.94. The van der Waals surface area contributed by atoms with Gasteiger partial charge in [0.15, 0.2) is 0 Å². The van der Waals surface area contributed by atoms with Gasteiger partial charge in [0.25, 0.3) is 5.91 Å². The summed E-state index contributed by atoms with van der Waals surface area (Å²) < 4.78 is 10.6. The van der Waals surface area contributed by atoms with E-state index in [2.05, 4.69) is 10.6 Å². The lowest BCUT2D eigenvalue weighted by molar-refractivity contribution is -0.121. The molecule has 0 unspecified atom stereocenters. The molecule has 2 amide bonds. The number of methoxy groups -OCH3 is 1. The van der Waals surface area contributed by atoms with Crippen LogP contribution in [0.1, 0.15) is 23.2 Å². The van der Waals surface area contributed by atoms with E-state index in [-0.39, 0.29) is 11.8 Å². The lowest BCUT2D eigenvalue weighted by Gasteiger charge is -2.08. The number of para-hydroxylation sites is 1. The van der Waals surface area contributed by atoms with Crippen molar-refractivity contribution in [3.63, 3.8) is 0 Å². The molecular weight excluding hydrogens is 332 g/mol. The van der Waals surface area contributed by atoms with Gasteiger partial charge in [0.05, 0.1) is 13.7 Å². The van der Waals surface area contributed by atoms with Crippen molar-refractivity contribution in [2.75, 3.05) is 26.8 Å². The lowest BCUT2D eigenvalue weighted by atomic mass is 10.2. The summed E-state index contributed by atoms with van der Waals surface area (Å²) >= 11 is 0. The predicted octanol–water partition coefficient (Wildman–Crippen LogP) is 2.40. The molecule has 0 bridgehead atoms. The molecule has 0 saturated carbocycles. The molecular formula is C20H24N2O4. The molecule has 0 radical (unpaired) electrons. The second kappa shape index (κ2) is 10.8. The number of carbonyl (C=O) groups excluding carboxylic acids is 2. The highest BCUT2D eigenvalue weighted by atomic mass is 16.5. The first-order valence-electron chi connectivity index (χ1n) is 8.56. The zero-order chi connectivity index (χ0) is 18.6. The predicted molar refractivity (Wildman–Crippen MR) is 99.5 cm³/mol. The maximum atomic E-state index is 12.0. The topological polar surface area (TPSA) is 76.7 Å². The van der Waals surface area contributed by atoms with E-state index in [1.165, 1.54) is 0 Å². The van der Waals surface area contributed by atoms with E-state index < -0.39 is 0 Å². The highest BCUT2D eigenvalue weighted by Gasteiger charge is 2.06. The average molecular weight is 356 g/mol. The minimum absolute atomic E-state index is 0.0552. The Morgan fingerprint density at radius 1 is 0.885 bits per heavy atom. The first-order chi connectivity index (χ1) is 12.7. The van der Waals surface area contributed by atoms with E-state index in [0.717, 1.165) is 5.75 Å². The minimum Gasteiger partial charge on any atom is -0.497 e. The molecule has 26 heavy (non-hydrogen) atoms. The van der Waals surface area contributed by atoms with E-state index in [9.17, 15) is 9.59 Å². The number of nitrogens with one attached hydrogen (secondary N) is 2. The van der Waals surface area contributed by atoms with Gasteiger partial charge < -0.3 is 20.1 Å². The molecule has 2 N–H and O–H groups in total. The van der Waals surface area contributed by atoms with Gasteiger partial charge in [-0.3, -0.25) is 9.59 Å². The molecule has 0 fully saturated rings. The monoisotopic (exact) mass is 356 g/mol. The van der Waals surface area contributed by atoms with Crippen molar-refractivity contribution in [1.29, 1.82) is 0 Å². The molecule has 0 saturated heterocycles. The number of amides is 2. The van der Waals surface area contributed by atoms with Crippen LogP contribution in [0.25, 0.3) is 0 Å². The smallest absolute Gasteiger partial charge is 0.251 e. The molecule has 6 heteroatoms. The summed E-state index contributed by atoms with van der Waals surface area (Å²) in [6.07, 6.45) is 0.932. The van der Waals surface area contributed by atoms with Crippen molar-refractivity contribution in [3.05, 3.63) is 60.2 Å². The van der Waals surface area contributed by atoms with E-state index in [0.29, 0.717) is 43.9 Å². The Balaban J connectivity index is 1.54. The number of carbonyl (C=O) groups is 2. The lowest BCUT2D eigenvalue weighted by Crippen LogP contribution is -2.29. The second-order valence-electron chi connectivity index (χ2n) is 5.60. The Kier molecular flexibility index (Phi) is 7.99. The average Bonchev–Trinajstić information content (AvgIpc) is 2.69. The molecule has 0 aliphatic rings. The molecule has 0 atom stereocenters. The summed E-state index contributed by atoms with van der Waals surface area (Å²) in [4.78, 5) is 23.7. The summed E-state index contributed by atoms with van der Waals surface area (Å²) in [5.41, 5.74) is 0.563. The van der Waals surface area contributed by atoms with Crippen molar-refractivity contribution in [2.24, 2.45) is 0 Å². The van der Waals surface area contributed by atoms with Gasteiger partial charge in [0, 0.05) is 18.5 Å². The molecule has 0 heterocycles. The fourth-order valence-electron chi connectivity index (χ4n) is 2.26. The van der Waals surface area contributed by atoms with Gasteiger partial charge in [0.2, 0.25) is 5.91 Å². The van der Waals surface area contributed by atoms with Crippen molar-refractivity contribution >= 4 is 11.8 Å². The van der Waals surface area contributed by atoms with Crippen LogP contribution < -0.4 is 20.1 Å². The fraction of sp³-hybridized carbons (Fsp3) is 0.300. The third kappa shape index (κ3) is 6.84. The van der Waals surface area contributed by atoms with Crippen LogP contribution in [0.4, 0.5) is 0 Å². The van der Waals surface area contributed by atoms with E-state index in [1.54, 1.807) is 31.4 Å². The Hall–Kier alpha value is -3.02. The molecule has 2 aromatic rings. The van der Waals surface area contributed by atoms with Crippen molar-refractivity contribution in [3.8, 4) is 11.5 Å². The molecule has 2 aromatic carbocycles. The van der Waals surface area contributed by atoms with Crippen molar-refractivity contribution in [1.82, 2.24) is 10.6 Å². The molecule has 0 spiro atoms.